The van der Waals surface area contributed by atoms with Crippen molar-refractivity contribution in [3.05, 3.63) is 66.2 Å². The maximum atomic E-state index is 14.0. The smallest absolute Gasteiger partial charge is 0.315 e. The van der Waals surface area contributed by atoms with Gasteiger partial charge in [-0.25, -0.2) is 4.98 Å². The number of carbonyl (C=O) groups excluding carboxylic acids is 4. The van der Waals surface area contributed by atoms with Crippen LogP contribution in [0.1, 0.15) is 32.3 Å². The van der Waals surface area contributed by atoms with Crippen LogP contribution in [0, 0.1) is 17.2 Å². The molecule has 2 aliphatic rings. The molecule has 5 rings (SSSR count). The number of nitrogens with one attached hydrogen (secondary N) is 2. The second-order valence-corrected chi connectivity index (χ2v) is 10.8. The molecular weight excluding hydrogens is 508 g/mol. The fraction of sp³-hybridized carbons (Fsp3) is 0.333. The Balaban J connectivity index is 1.37. The Kier molecular flexibility index (Phi) is 6.98. The number of fused-ring (bicyclic) bond motifs is 3. The lowest BCUT2D eigenvalue weighted by atomic mass is 9.80. The molecule has 1 fully saturated rings. The molecule has 3 atom stereocenters. The third kappa shape index (κ3) is 4.64. The molecule has 2 aromatic carbocycles. The molecule has 4 amide bonds. The monoisotopic (exact) mass is 538 g/mol. The van der Waals surface area contributed by atoms with Crippen LogP contribution in [-0.4, -0.2) is 64.1 Å². The summed E-state index contributed by atoms with van der Waals surface area (Å²) in [6, 6.07) is 18.4. The van der Waals surface area contributed by atoms with E-state index in [0.29, 0.717) is 11.2 Å². The number of nitriles is 1. The summed E-state index contributed by atoms with van der Waals surface area (Å²) in [5.74, 6) is -2.33. The first kappa shape index (κ1) is 26.8. The van der Waals surface area contributed by atoms with Gasteiger partial charge in [0.2, 0.25) is 11.8 Å². The summed E-state index contributed by atoms with van der Waals surface area (Å²) in [6.07, 6.45) is 0.422. The van der Waals surface area contributed by atoms with Gasteiger partial charge in [0, 0.05) is 31.1 Å². The Bertz CT molecular complexity index is 1560. The van der Waals surface area contributed by atoms with E-state index in [9.17, 15) is 24.4 Å². The summed E-state index contributed by atoms with van der Waals surface area (Å²) in [4.78, 5) is 60.2. The third-order valence-electron chi connectivity index (χ3n) is 7.72. The van der Waals surface area contributed by atoms with Gasteiger partial charge in [-0.2, -0.15) is 5.26 Å². The number of pyridine rings is 1. The summed E-state index contributed by atoms with van der Waals surface area (Å²) in [5, 5.41) is 16.3. The predicted molar refractivity (Wildman–Crippen MR) is 149 cm³/mol. The summed E-state index contributed by atoms with van der Waals surface area (Å²) in [5.41, 5.74) is 1.04. The van der Waals surface area contributed by atoms with E-state index < -0.39 is 35.2 Å². The average molecular weight is 539 g/mol. The van der Waals surface area contributed by atoms with E-state index >= 15 is 0 Å². The van der Waals surface area contributed by atoms with Crippen LogP contribution in [0.25, 0.3) is 10.9 Å². The van der Waals surface area contributed by atoms with Crippen LogP contribution in [0.2, 0.25) is 0 Å². The highest BCUT2D eigenvalue weighted by molar-refractivity contribution is 6.39. The fourth-order valence-corrected chi connectivity index (χ4v) is 5.66. The van der Waals surface area contributed by atoms with Crippen LogP contribution in [0.4, 0.5) is 11.5 Å². The minimum atomic E-state index is -1.04. The average Bonchev–Trinajstić information content (AvgIpc) is 3.48. The van der Waals surface area contributed by atoms with E-state index in [1.54, 1.807) is 24.3 Å². The zero-order valence-electron chi connectivity index (χ0n) is 22.5. The van der Waals surface area contributed by atoms with E-state index in [1.165, 1.54) is 11.9 Å². The zero-order chi connectivity index (χ0) is 28.6. The van der Waals surface area contributed by atoms with Gasteiger partial charge < -0.3 is 20.4 Å². The highest BCUT2D eigenvalue weighted by Gasteiger charge is 2.56. The number of hydrogen-bond donors (Lipinski definition) is 2. The lowest BCUT2D eigenvalue weighted by molar-refractivity contribution is -0.149. The number of aromatic nitrogens is 1. The first-order chi connectivity index (χ1) is 19.1. The predicted octanol–water partition coefficient (Wildman–Crippen LogP) is 3.06. The summed E-state index contributed by atoms with van der Waals surface area (Å²) in [7, 11) is 1.41. The molecule has 0 saturated carbocycles. The second-order valence-electron chi connectivity index (χ2n) is 10.8. The van der Waals surface area contributed by atoms with Crippen LogP contribution in [0.3, 0.4) is 0 Å². The number of para-hydroxylation sites is 2. The number of likely N-dealkylation sites (tertiary alicyclic amines) is 1. The van der Waals surface area contributed by atoms with Gasteiger partial charge in [0.25, 0.3) is 0 Å². The van der Waals surface area contributed by atoms with E-state index in [1.807, 2.05) is 50.2 Å². The van der Waals surface area contributed by atoms with Crippen molar-refractivity contribution >= 4 is 46.0 Å². The topological polar surface area (TPSA) is 136 Å². The van der Waals surface area contributed by atoms with Crippen LogP contribution < -0.4 is 10.6 Å². The minimum Gasteiger partial charge on any atom is -0.325 e. The Morgan fingerprint density at radius 3 is 2.62 bits per heavy atom. The van der Waals surface area contributed by atoms with Gasteiger partial charge in [-0.1, -0.05) is 50.2 Å². The van der Waals surface area contributed by atoms with Crippen molar-refractivity contribution < 1.29 is 19.2 Å². The molecule has 3 aromatic rings. The van der Waals surface area contributed by atoms with Gasteiger partial charge in [0.05, 0.1) is 17.0 Å². The maximum Gasteiger partial charge on any atom is 0.315 e. The van der Waals surface area contributed by atoms with Crippen LogP contribution in [0.15, 0.2) is 60.7 Å². The Labute approximate surface area is 232 Å². The third-order valence-corrected chi connectivity index (χ3v) is 7.72. The van der Waals surface area contributed by atoms with Crippen molar-refractivity contribution in [2.24, 2.45) is 5.92 Å². The molecule has 1 aromatic heterocycles. The van der Waals surface area contributed by atoms with Crippen LogP contribution in [-0.2, 0) is 24.6 Å². The number of amides is 4. The van der Waals surface area contributed by atoms with Gasteiger partial charge in [0.1, 0.15) is 17.9 Å². The first-order valence-corrected chi connectivity index (χ1v) is 13.2. The molecule has 10 heteroatoms. The number of rotatable bonds is 5. The largest absolute Gasteiger partial charge is 0.325 e. The van der Waals surface area contributed by atoms with Gasteiger partial charge in [0.15, 0.2) is 0 Å². The molecule has 0 radical (unpaired) electrons. The Morgan fingerprint density at radius 1 is 1.15 bits per heavy atom. The normalized spacial score (nSPS) is 20.2. The first-order valence-electron chi connectivity index (χ1n) is 13.2. The second kappa shape index (κ2) is 10.4. The molecule has 1 saturated heterocycles. The maximum absolute atomic E-state index is 14.0. The van der Waals surface area contributed by atoms with Crippen LogP contribution in [0.5, 0.6) is 0 Å². The lowest BCUT2D eigenvalue weighted by Crippen LogP contribution is -2.53. The molecule has 0 unspecified atom stereocenters. The molecule has 2 aliphatic heterocycles. The van der Waals surface area contributed by atoms with E-state index in [4.69, 9.17) is 0 Å². The highest BCUT2D eigenvalue weighted by atomic mass is 16.2. The number of benzene rings is 2. The van der Waals surface area contributed by atoms with Gasteiger partial charge in [-0.05, 0) is 42.2 Å². The Hall–Kier alpha value is -4.78. The van der Waals surface area contributed by atoms with E-state index in [2.05, 4.69) is 21.7 Å². The number of nitrogens with zero attached hydrogens (tertiary/aromatic N) is 4. The van der Waals surface area contributed by atoms with Gasteiger partial charge in [-0.15, -0.1) is 0 Å². The lowest BCUT2D eigenvalue weighted by Gasteiger charge is -2.33. The molecule has 10 nitrogen and oxygen atoms in total. The number of hydrogen-bond acceptors (Lipinski definition) is 6. The fourth-order valence-electron chi connectivity index (χ4n) is 5.66. The molecule has 0 bridgehead atoms. The van der Waals surface area contributed by atoms with E-state index in [0.717, 1.165) is 15.8 Å². The summed E-state index contributed by atoms with van der Waals surface area (Å²) in [6.45, 7) is 3.83. The van der Waals surface area contributed by atoms with Crippen molar-refractivity contribution in [1.82, 2.24) is 14.8 Å². The highest BCUT2D eigenvalue weighted by Crippen LogP contribution is 2.46. The van der Waals surface area contributed by atoms with Gasteiger partial charge >= 0.3 is 11.8 Å². The molecule has 3 heterocycles. The SMILES string of the molecule is CC(C)C[C@@H](C(=O)N1C[C@]2(C[C@H]1C#N)C(=O)Nc1ccccc12)N(C)C(=O)C(=O)Nc1ccc2ccccc2n1. The standard InChI is InChI=1S/C30H30N6O4/c1-18(2)14-24(35(3)28(39)26(37)34-25-13-12-19-8-4-6-10-22(19)32-25)27(38)36-17-30(15-20(36)16-31)21-9-5-7-11-23(21)33-29(30)40/h4-13,18,20,24H,14-15,17H2,1-3H3,(H,33,40)(H,32,34,37)/t20-,24-,30-/m0/s1. The molecule has 40 heavy (non-hydrogen) atoms. The van der Waals surface area contributed by atoms with Crippen LogP contribution >= 0.6 is 0 Å². The Morgan fingerprint density at radius 2 is 1.88 bits per heavy atom. The van der Waals surface area contributed by atoms with Crippen molar-refractivity contribution in [2.45, 2.75) is 44.2 Å². The molecule has 2 N–H and O–H groups in total. The molecule has 1 spiro atoms. The van der Waals surface area contributed by atoms with Crippen molar-refractivity contribution in [2.75, 3.05) is 24.2 Å². The van der Waals surface area contributed by atoms with Crippen molar-refractivity contribution in [3.63, 3.8) is 0 Å². The molecule has 204 valence electrons. The number of carbonyl (C=O) groups is 4. The summed E-state index contributed by atoms with van der Waals surface area (Å²) >= 11 is 0. The summed E-state index contributed by atoms with van der Waals surface area (Å²) < 4.78 is 0. The minimum absolute atomic E-state index is 0.00187. The zero-order valence-corrected chi connectivity index (χ0v) is 22.5. The number of likely N-dealkylation sites (N-methyl/N-ethyl adjacent to an activating group) is 1. The van der Waals surface area contributed by atoms with Crippen molar-refractivity contribution in [1.29, 1.82) is 5.26 Å². The number of anilines is 2. The van der Waals surface area contributed by atoms with E-state index in [-0.39, 0.29) is 37.0 Å². The molecular formula is C30H30N6O4. The van der Waals surface area contributed by atoms with Crippen molar-refractivity contribution in [3.8, 4) is 6.07 Å². The van der Waals surface area contributed by atoms with Gasteiger partial charge in [-0.3, -0.25) is 19.2 Å². The quantitative estimate of drug-likeness (QED) is 0.480. The molecule has 0 aliphatic carbocycles.